The Hall–Kier alpha value is -2.67. The predicted molar refractivity (Wildman–Crippen MR) is 88.8 cm³/mol. The molecule has 8 heteroatoms. The number of carbonyl (C=O) groups is 2. The summed E-state index contributed by atoms with van der Waals surface area (Å²) in [6.45, 7) is 0. The molecule has 1 aromatic carbocycles. The van der Waals surface area contributed by atoms with Crippen LogP contribution in [0.1, 0.15) is 12.8 Å². The molecule has 0 radical (unpaired) electrons. The van der Waals surface area contributed by atoms with Gasteiger partial charge in [-0.1, -0.05) is 11.6 Å². The highest BCUT2D eigenvalue weighted by molar-refractivity contribution is 6.29. The Balaban J connectivity index is 1.83. The molecule has 1 aliphatic heterocycles. The van der Waals surface area contributed by atoms with Gasteiger partial charge in [-0.15, -0.1) is 0 Å². The van der Waals surface area contributed by atoms with Gasteiger partial charge in [-0.3, -0.25) is 14.9 Å². The number of anilines is 1. The molecule has 3 rings (SSSR count). The maximum atomic E-state index is 11.8. The lowest BCUT2D eigenvalue weighted by Gasteiger charge is -2.22. The number of halogens is 1. The van der Waals surface area contributed by atoms with Crippen molar-refractivity contribution < 1.29 is 14.3 Å². The van der Waals surface area contributed by atoms with Gasteiger partial charge >= 0.3 is 0 Å². The summed E-state index contributed by atoms with van der Waals surface area (Å²) in [7, 11) is 1.59. The zero-order valence-electron chi connectivity index (χ0n) is 12.9. The predicted octanol–water partition coefficient (Wildman–Crippen LogP) is 2.02. The molecule has 2 aromatic rings. The second kappa shape index (κ2) is 6.84. The lowest BCUT2D eigenvalue weighted by molar-refractivity contribution is -0.133. The molecule has 1 aliphatic rings. The maximum Gasteiger partial charge on any atom is 0.249 e. The average Bonchev–Trinajstić information content (AvgIpc) is 2.57. The highest BCUT2D eigenvalue weighted by atomic mass is 35.5. The van der Waals surface area contributed by atoms with E-state index < -0.39 is 6.04 Å². The summed E-state index contributed by atoms with van der Waals surface area (Å²) in [5, 5.41) is 5.55. The topological polar surface area (TPSA) is 93.2 Å². The third-order valence-corrected chi connectivity index (χ3v) is 3.80. The normalized spacial score (nSPS) is 17.3. The molecule has 2 N–H and O–H groups in total. The summed E-state index contributed by atoms with van der Waals surface area (Å²) in [6.07, 6.45) is 0.692. The van der Waals surface area contributed by atoms with Crippen LogP contribution < -0.4 is 15.4 Å². The third kappa shape index (κ3) is 3.62. The molecule has 7 nitrogen and oxygen atoms in total. The Kier molecular flexibility index (Phi) is 4.61. The van der Waals surface area contributed by atoms with Crippen molar-refractivity contribution in [3.8, 4) is 17.1 Å². The molecule has 1 fully saturated rings. The number of hydrogen-bond donors (Lipinski definition) is 2. The van der Waals surface area contributed by atoms with Gasteiger partial charge in [0.15, 0.2) is 5.82 Å². The lowest BCUT2D eigenvalue weighted by atomic mass is 10.1. The molecular formula is C16H15ClN4O3. The summed E-state index contributed by atoms with van der Waals surface area (Å²) >= 11 is 6.07. The van der Waals surface area contributed by atoms with Gasteiger partial charge < -0.3 is 10.1 Å². The van der Waals surface area contributed by atoms with E-state index in [0.29, 0.717) is 18.1 Å². The standard InChI is InChI=1S/C16H15ClN4O3/c1-24-10-4-2-9(3-5-10)15-19-12(17)8-13(20-15)18-11-6-7-14(22)21-16(11)23/h2-5,8,11H,6-7H2,1H3,(H,18,19,20)(H,21,22,23). The van der Waals surface area contributed by atoms with E-state index in [2.05, 4.69) is 20.6 Å². The van der Waals surface area contributed by atoms with Crippen LogP contribution in [0.2, 0.25) is 5.15 Å². The Morgan fingerprint density at radius 2 is 2.00 bits per heavy atom. The van der Waals surface area contributed by atoms with Crippen LogP contribution in [0.4, 0.5) is 5.82 Å². The number of hydrogen-bond acceptors (Lipinski definition) is 6. The Bertz CT molecular complexity index is 779. The number of benzene rings is 1. The highest BCUT2D eigenvalue weighted by Crippen LogP contribution is 2.23. The average molecular weight is 347 g/mol. The minimum Gasteiger partial charge on any atom is -0.497 e. The number of ether oxygens (including phenoxy) is 1. The fourth-order valence-corrected chi connectivity index (χ4v) is 2.55. The molecule has 124 valence electrons. The van der Waals surface area contributed by atoms with Gasteiger partial charge in [0.05, 0.1) is 7.11 Å². The van der Waals surface area contributed by atoms with E-state index in [9.17, 15) is 9.59 Å². The summed E-state index contributed by atoms with van der Waals surface area (Å²) in [5.41, 5.74) is 0.768. The monoisotopic (exact) mass is 346 g/mol. The van der Waals surface area contributed by atoms with Crippen LogP contribution >= 0.6 is 11.6 Å². The SMILES string of the molecule is COc1ccc(-c2nc(Cl)cc(NC3CCC(=O)NC3=O)n2)cc1. The number of nitrogens with zero attached hydrogens (tertiary/aromatic N) is 2. The minimum absolute atomic E-state index is 0.255. The van der Waals surface area contributed by atoms with Gasteiger partial charge in [0, 0.05) is 18.1 Å². The number of amides is 2. The number of aromatic nitrogens is 2. The number of carbonyl (C=O) groups excluding carboxylic acids is 2. The van der Waals surface area contributed by atoms with E-state index in [1.807, 2.05) is 12.1 Å². The van der Waals surface area contributed by atoms with Crippen LogP contribution in [-0.4, -0.2) is 34.9 Å². The van der Waals surface area contributed by atoms with Gasteiger partial charge in [-0.05, 0) is 30.7 Å². The second-order valence-corrected chi connectivity index (χ2v) is 5.66. The van der Waals surface area contributed by atoms with Crippen molar-refractivity contribution in [1.82, 2.24) is 15.3 Å². The largest absolute Gasteiger partial charge is 0.497 e. The molecule has 0 bridgehead atoms. The molecule has 1 atom stereocenters. The summed E-state index contributed by atoms with van der Waals surface area (Å²) in [6, 6.07) is 8.25. The Labute approximate surface area is 143 Å². The lowest BCUT2D eigenvalue weighted by Crippen LogP contribution is -2.47. The van der Waals surface area contributed by atoms with Crippen molar-refractivity contribution in [2.75, 3.05) is 12.4 Å². The first-order chi connectivity index (χ1) is 11.5. The van der Waals surface area contributed by atoms with E-state index in [1.165, 1.54) is 6.07 Å². The molecule has 0 saturated carbocycles. The van der Waals surface area contributed by atoms with Gasteiger partial charge in [0.2, 0.25) is 11.8 Å². The zero-order valence-corrected chi connectivity index (χ0v) is 13.6. The van der Waals surface area contributed by atoms with Crippen molar-refractivity contribution in [1.29, 1.82) is 0 Å². The smallest absolute Gasteiger partial charge is 0.249 e. The summed E-state index contributed by atoms with van der Waals surface area (Å²) in [5.74, 6) is 0.947. The van der Waals surface area contributed by atoms with E-state index in [4.69, 9.17) is 16.3 Å². The fraction of sp³-hybridized carbons (Fsp3) is 0.250. The Morgan fingerprint density at radius 3 is 2.67 bits per heavy atom. The molecule has 1 aromatic heterocycles. The minimum atomic E-state index is -0.530. The molecule has 1 saturated heterocycles. The number of piperidine rings is 1. The van der Waals surface area contributed by atoms with Crippen LogP contribution in [-0.2, 0) is 9.59 Å². The first-order valence-electron chi connectivity index (χ1n) is 7.34. The van der Waals surface area contributed by atoms with Gasteiger partial charge in [-0.25, -0.2) is 9.97 Å². The Morgan fingerprint density at radius 1 is 1.25 bits per heavy atom. The van der Waals surface area contributed by atoms with Gasteiger partial charge in [-0.2, -0.15) is 0 Å². The molecule has 2 amide bonds. The van der Waals surface area contributed by atoms with Crippen LogP contribution in [0.5, 0.6) is 5.75 Å². The molecular weight excluding hydrogens is 332 g/mol. The summed E-state index contributed by atoms with van der Waals surface area (Å²) in [4.78, 5) is 31.6. The zero-order chi connectivity index (χ0) is 17.1. The highest BCUT2D eigenvalue weighted by Gasteiger charge is 2.26. The molecule has 24 heavy (non-hydrogen) atoms. The van der Waals surface area contributed by atoms with Crippen molar-refractivity contribution >= 4 is 29.2 Å². The van der Waals surface area contributed by atoms with E-state index in [0.717, 1.165) is 11.3 Å². The fourth-order valence-electron chi connectivity index (χ4n) is 2.37. The molecule has 1 unspecified atom stereocenters. The van der Waals surface area contributed by atoms with Gasteiger partial charge in [0.1, 0.15) is 22.8 Å². The summed E-state index contributed by atoms with van der Waals surface area (Å²) < 4.78 is 5.12. The van der Waals surface area contributed by atoms with Crippen LogP contribution in [0.3, 0.4) is 0 Å². The molecule has 0 aliphatic carbocycles. The van der Waals surface area contributed by atoms with Crippen molar-refractivity contribution in [2.24, 2.45) is 0 Å². The van der Waals surface area contributed by atoms with E-state index in [1.54, 1.807) is 19.2 Å². The number of nitrogens with one attached hydrogen (secondary N) is 2. The first kappa shape index (κ1) is 16.2. The maximum absolute atomic E-state index is 11.8. The van der Waals surface area contributed by atoms with Crippen molar-refractivity contribution in [2.45, 2.75) is 18.9 Å². The third-order valence-electron chi connectivity index (χ3n) is 3.60. The van der Waals surface area contributed by atoms with Crippen LogP contribution in [0, 0.1) is 0 Å². The van der Waals surface area contributed by atoms with E-state index in [-0.39, 0.29) is 23.4 Å². The number of imide groups is 1. The van der Waals surface area contributed by atoms with Crippen molar-refractivity contribution in [3.63, 3.8) is 0 Å². The van der Waals surface area contributed by atoms with Crippen LogP contribution in [0.25, 0.3) is 11.4 Å². The van der Waals surface area contributed by atoms with Crippen LogP contribution in [0.15, 0.2) is 30.3 Å². The van der Waals surface area contributed by atoms with E-state index >= 15 is 0 Å². The van der Waals surface area contributed by atoms with Crippen molar-refractivity contribution in [3.05, 3.63) is 35.5 Å². The first-order valence-corrected chi connectivity index (χ1v) is 7.72. The number of rotatable bonds is 4. The van der Waals surface area contributed by atoms with Gasteiger partial charge in [0.25, 0.3) is 0 Å². The second-order valence-electron chi connectivity index (χ2n) is 5.28. The quantitative estimate of drug-likeness (QED) is 0.650. The molecule has 0 spiro atoms. The molecule has 2 heterocycles. The number of methoxy groups -OCH3 is 1.